The van der Waals surface area contributed by atoms with E-state index in [1.165, 1.54) is 26.7 Å². The standard InChI is InChI=1S/C25H25N5OS/c1-29(2)21-10-8-18(9-11-21)14-20(15-26)24(31)28-25-27-22-17-30(13-12-23(22)32-25)16-19-6-4-3-5-7-19/h3-11,14H,12-13,16-17H2,1-2H3,(H,27,28,31)/p+1/b20-14+. The Labute approximate surface area is 192 Å². The average molecular weight is 445 g/mol. The lowest BCUT2D eigenvalue weighted by atomic mass is 10.1. The molecule has 6 nitrogen and oxygen atoms in total. The molecule has 0 saturated heterocycles. The zero-order valence-corrected chi connectivity index (χ0v) is 19.1. The molecule has 1 aliphatic rings. The Morgan fingerprint density at radius 1 is 1.22 bits per heavy atom. The molecule has 2 aromatic carbocycles. The number of nitrogens with one attached hydrogen (secondary N) is 2. The largest absolute Gasteiger partial charge is 0.378 e. The Bertz CT molecular complexity index is 1160. The minimum atomic E-state index is -0.427. The molecular weight excluding hydrogens is 418 g/mol. The zero-order valence-electron chi connectivity index (χ0n) is 18.3. The summed E-state index contributed by atoms with van der Waals surface area (Å²) in [7, 11) is 3.93. The molecule has 2 N–H and O–H groups in total. The lowest BCUT2D eigenvalue weighted by molar-refractivity contribution is -0.929. The van der Waals surface area contributed by atoms with Gasteiger partial charge in [0.05, 0.1) is 6.54 Å². The molecule has 1 unspecified atom stereocenters. The van der Waals surface area contributed by atoms with Crippen LogP contribution in [0.5, 0.6) is 0 Å². The highest BCUT2D eigenvalue weighted by Crippen LogP contribution is 2.25. The van der Waals surface area contributed by atoms with Gasteiger partial charge in [-0.3, -0.25) is 10.1 Å². The van der Waals surface area contributed by atoms with Crippen molar-refractivity contribution in [3.8, 4) is 6.07 Å². The number of thiazole rings is 1. The van der Waals surface area contributed by atoms with Crippen LogP contribution in [-0.2, 0) is 24.3 Å². The first-order chi connectivity index (χ1) is 15.5. The summed E-state index contributed by atoms with van der Waals surface area (Å²) in [6, 6.07) is 20.2. The summed E-state index contributed by atoms with van der Waals surface area (Å²) < 4.78 is 0. The number of carbonyl (C=O) groups is 1. The highest BCUT2D eigenvalue weighted by molar-refractivity contribution is 7.15. The van der Waals surface area contributed by atoms with E-state index in [1.807, 2.05) is 55.4 Å². The molecule has 32 heavy (non-hydrogen) atoms. The number of nitrogens with zero attached hydrogens (tertiary/aromatic N) is 3. The lowest BCUT2D eigenvalue weighted by Gasteiger charge is -2.22. The Morgan fingerprint density at radius 3 is 2.66 bits per heavy atom. The number of aromatic nitrogens is 1. The van der Waals surface area contributed by atoms with Gasteiger partial charge in [0.15, 0.2) is 5.13 Å². The third-order valence-electron chi connectivity index (χ3n) is 5.50. The first-order valence-electron chi connectivity index (χ1n) is 10.6. The fourth-order valence-corrected chi connectivity index (χ4v) is 4.74. The maximum absolute atomic E-state index is 12.7. The molecule has 1 aromatic heterocycles. The van der Waals surface area contributed by atoms with E-state index >= 15 is 0 Å². The van der Waals surface area contributed by atoms with Gasteiger partial charge < -0.3 is 9.80 Å². The lowest BCUT2D eigenvalue weighted by Crippen LogP contribution is -3.10. The molecule has 0 saturated carbocycles. The van der Waals surface area contributed by atoms with Gasteiger partial charge in [0.2, 0.25) is 0 Å². The molecule has 0 radical (unpaired) electrons. The van der Waals surface area contributed by atoms with Gasteiger partial charge in [-0.05, 0) is 23.8 Å². The predicted molar refractivity (Wildman–Crippen MR) is 128 cm³/mol. The number of quaternary nitrogens is 1. The zero-order chi connectivity index (χ0) is 22.5. The SMILES string of the molecule is CN(C)c1ccc(/C=C(\C#N)C(=O)Nc2nc3c(s2)CC[NH+](Cc2ccccc2)C3)cc1. The summed E-state index contributed by atoms with van der Waals surface area (Å²) in [6.07, 6.45) is 2.55. The van der Waals surface area contributed by atoms with Crippen molar-refractivity contribution in [3.05, 3.63) is 81.9 Å². The third kappa shape index (κ3) is 5.22. The van der Waals surface area contributed by atoms with Gasteiger partial charge in [-0.2, -0.15) is 5.26 Å². The van der Waals surface area contributed by atoms with Crippen molar-refractivity contribution < 1.29 is 9.69 Å². The van der Waals surface area contributed by atoms with Crippen molar-refractivity contribution in [1.82, 2.24) is 4.98 Å². The second kappa shape index (κ2) is 9.77. The molecule has 0 bridgehead atoms. The molecule has 7 heteroatoms. The maximum atomic E-state index is 12.7. The van der Waals surface area contributed by atoms with Gasteiger partial charge in [-0.15, -0.1) is 11.3 Å². The number of fused-ring (bicyclic) bond motifs is 1. The van der Waals surface area contributed by atoms with Crippen molar-refractivity contribution in [3.63, 3.8) is 0 Å². The Kier molecular flexibility index (Phi) is 6.64. The van der Waals surface area contributed by atoms with Crippen molar-refractivity contribution >= 4 is 34.1 Å². The molecule has 0 fully saturated rings. The van der Waals surface area contributed by atoms with Crippen molar-refractivity contribution in [2.75, 3.05) is 30.9 Å². The van der Waals surface area contributed by atoms with E-state index in [1.54, 1.807) is 6.08 Å². The summed E-state index contributed by atoms with van der Waals surface area (Å²) in [5, 5.41) is 12.9. The van der Waals surface area contributed by atoms with Crippen molar-refractivity contribution in [2.45, 2.75) is 19.5 Å². The fourth-order valence-electron chi connectivity index (χ4n) is 3.77. The van der Waals surface area contributed by atoms with E-state index in [0.717, 1.165) is 43.0 Å². The highest BCUT2D eigenvalue weighted by atomic mass is 32.1. The number of hydrogen-bond donors (Lipinski definition) is 2. The molecule has 162 valence electrons. The van der Waals surface area contributed by atoms with Gasteiger partial charge in [0, 0.05) is 36.6 Å². The Morgan fingerprint density at radius 2 is 1.97 bits per heavy atom. The van der Waals surface area contributed by atoms with Crippen molar-refractivity contribution in [1.29, 1.82) is 5.26 Å². The van der Waals surface area contributed by atoms with Crippen LogP contribution < -0.4 is 15.1 Å². The Hall–Kier alpha value is -3.47. The summed E-state index contributed by atoms with van der Waals surface area (Å²) in [4.78, 5) is 22.0. The average Bonchev–Trinajstić information content (AvgIpc) is 3.19. The molecule has 0 aliphatic carbocycles. The third-order valence-corrected chi connectivity index (χ3v) is 6.58. The van der Waals surface area contributed by atoms with Crippen LogP contribution in [0.25, 0.3) is 6.08 Å². The van der Waals surface area contributed by atoms with E-state index in [2.05, 4.69) is 34.6 Å². The molecule has 1 aliphatic heterocycles. The smallest absolute Gasteiger partial charge is 0.268 e. The monoisotopic (exact) mass is 444 g/mol. The van der Waals surface area contributed by atoms with Crippen LogP contribution in [0.1, 0.15) is 21.7 Å². The number of nitriles is 1. The molecule has 0 spiro atoms. The molecule has 4 rings (SSSR count). The second-order valence-electron chi connectivity index (χ2n) is 8.09. The molecule has 1 amide bonds. The van der Waals surface area contributed by atoms with Gasteiger partial charge in [-0.25, -0.2) is 4.98 Å². The predicted octanol–water partition coefficient (Wildman–Crippen LogP) is 2.90. The van der Waals surface area contributed by atoms with Crippen LogP contribution in [0, 0.1) is 11.3 Å². The van der Waals surface area contributed by atoms with Gasteiger partial charge in [0.25, 0.3) is 5.91 Å². The van der Waals surface area contributed by atoms with Gasteiger partial charge >= 0.3 is 0 Å². The molecule has 1 atom stereocenters. The van der Waals surface area contributed by atoms with Crippen LogP contribution >= 0.6 is 11.3 Å². The normalized spacial score (nSPS) is 15.5. The summed E-state index contributed by atoms with van der Waals surface area (Å²) in [6.45, 7) is 2.85. The van der Waals surface area contributed by atoms with Crippen LogP contribution in [-0.4, -0.2) is 31.5 Å². The quantitative estimate of drug-likeness (QED) is 0.453. The second-order valence-corrected chi connectivity index (χ2v) is 9.17. The number of carbonyl (C=O) groups excluding carboxylic acids is 1. The van der Waals surface area contributed by atoms with Crippen LogP contribution in [0.15, 0.2) is 60.2 Å². The molecule has 3 aromatic rings. The highest BCUT2D eigenvalue weighted by Gasteiger charge is 2.24. The topological polar surface area (TPSA) is 73.5 Å². The molecule has 2 heterocycles. The van der Waals surface area contributed by atoms with E-state index < -0.39 is 5.91 Å². The van der Waals surface area contributed by atoms with Crippen molar-refractivity contribution in [2.24, 2.45) is 0 Å². The first-order valence-corrected chi connectivity index (χ1v) is 11.4. The number of benzene rings is 2. The number of hydrogen-bond acceptors (Lipinski definition) is 5. The summed E-state index contributed by atoms with van der Waals surface area (Å²) in [5.74, 6) is -0.427. The Balaban J connectivity index is 1.42. The number of rotatable bonds is 6. The fraction of sp³-hybridized carbons (Fsp3) is 0.240. The van der Waals surface area contributed by atoms with Gasteiger partial charge in [0.1, 0.15) is 30.4 Å². The minimum Gasteiger partial charge on any atom is -0.378 e. The van der Waals surface area contributed by atoms with E-state index in [0.29, 0.717) is 5.13 Å². The number of anilines is 2. The minimum absolute atomic E-state index is 0.0621. The van der Waals surface area contributed by atoms with Crippen LogP contribution in [0.4, 0.5) is 10.8 Å². The molecular formula is C25H26N5OS+. The number of amides is 1. The maximum Gasteiger partial charge on any atom is 0.268 e. The summed E-state index contributed by atoms with van der Waals surface area (Å²) >= 11 is 1.51. The van der Waals surface area contributed by atoms with E-state index in [-0.39, 0.29) is 5.57 Å². The first kappa shape index (κ1) is 21.8. The van der Waals surface area contributed by atoms with Crippen LogP contribution in [0.3, 0.4) is 0 Å². The van der Waals surface area contributed by atoms with E-state index in [4.69, 9.17) is 0 Å². The van der Waals surface area contributed by atoms with E-state index in [9.17, 15) is 10.1 Å². The summed E-state index contributed by atoms with van der Waals surface area (Å²) in [5.41, 5.74) is 4.29. The van der Waals surface area contributed by atoms with Gasteiger partial charge in [-0.1, -0.05) is 42.5 Å². The van der Waals surface area contributed by atoms with Crippen LogP contribution in [0.2, 0.25) is 0 Å².